The van der Waals surface area contributed by atoms with Crippen LogP contribution >= 0.6 is 0 Å². The van der Waals surface area contributed by atoms with E-state index in [0.29, 0.717) is 12.1 Å². The van der Waals surface area contributed by atoms with E-state index < -0.39 is 11.9 Å². The number of carboxylic acid groups (broad SMARTS) is 1. The number of aromatic carboxylic acids is 1. The Morgan fingerprint density at radius 2 is 1.42 bits per heavy atom. The van der Waals surface area contributed by atoms with Gasteiger partial charge in [0.2, 0.25) is 0 Å². The first-order valence-corrected chi connectivity index (χ1v) is 8.16. The number of carbonyl (C=O) groups is 4. The number of fused-ring (bicyclic) bond motifs is 1. The molecule has 0 saturated carbocycles. The normalized spacial score (nSPS) is 13.3. The monoisotopic (exact) mass is 350 g/mol. The van der Waals surface area contributed by atoms with Crippen LogP contribution in [0.1, 0.15) is 60.8 Å². The number of imide groups is 1. The number of carboxylic acids is 1. The van der Waals surface area contributed by atoms with Crippen molar-refractivity contribution in [3.05, 3.63) is 70.3 Å². The van der Waals surface area contributed by atoms with Crippen LogP contribution in [0.5, 0.6) is 0 Å². The summed E-state index contributed by atoms with van der Waals surface area (Å²) in [5.74, 6) is -2.30. The van der Waals surface area contributed by atoms with Crippen LogP contribution in [0.15, 0.2) is 42.5 Å². The molecule has 1 aliphatic rings. The quantitative estimate of drug-likeness (QED) is 0.602. The van der Waals surface area contributed by atoms with Gasteiger partial charge in [-0.05, 0) is 23.6 Å². The van der Waals surface area contributed by atoms with Crippen LogP contribution in [0.4, 0.5) is 0 Å². The molecule has 0 saturated heterocycles. The van der Waals surface area contributed by atoms with Gasteiger partial charge in [0.1, 0.15) is 0 Å². The summed E-state index contributed by atoms with van der Waals surface area (Å²) < 4.78 is 0. The number of carbonyl (C=O) groups excluding carboxylic acids is 4. The van der Waals surface area contributed by atoms with Gasteiger partial charge >= 0.3 is 0 Å². The Morgan fingerprint density at radius 3 is 2.00 bits per heavy atom. The van der Waals surface area contributed by atoms with Crippen molar-refractivity contribution < 1.29 is 24.3 Å². The number of ketones is 1. The summed E-state index contributed by atoms with van der Waals surface area (Å²) in [7, 11) is 0. The Kier molecular flexibility index (Phi) is 4.42. The maximum Gasteiger partial charge on any atom is 0.261 e. The number of rotatable bonds is 5. The van der Waals surface area contributed by atoms with Crippen LogP contribution in [-0.4, -0.2) is 35.0 Å². The first-order chi connectivity index (χ1) is 12.3. The molecule has 6 heteroatoms. The predicted octanol–water partition coefficient (Wildman–Crippen LogP) is 1.53. The molecule has 132 valence electrons. The Bertz CT molecular complexity index is 928. The molecular formula is C20H16NO5-. The van der Waals surface area contributed by atoms with Crippen molar-refractivity contribution in [3.63, 3.8) is 0 Å². The lowest BCUT2D eigenvalue weighted by molar-refractivity contribution is -0.255. The van der Waals surface area contributed by atoms with Crippen LogP contribution in [0.2, 0.25) is 0 Å². The fourth-order valence-electron chi connectivity index (χ4n) is 2.89. The zero-order valence-corrected chi connectivity index (χ0v) is 14.3. The van der Waals surface area contributed by atoms with E-state index in [9.17, 15) is 24.3 Å². The van der Waals surface area contributed by atoms with Crippen LogP contribution in [0.3, 0.4) is 0 Å². The molecule has 0 bridgehead atoms. The topological polar surface area (TPSA) is 94.6 Å². The van der Waals surface area contributed by atoms with E-state index in [4.69, 9.17) is 0 Å². The Labute approximate surface area is 150 Å². The Morgan fingerprint density at radius 1 is 0.885 bits per heavy atom. The van der Waals surface area contributed by atoms with Gasteiger partial charge in [-0.15, -0.1) is 0 Å². The summed E-state index contributed by atoms with van der Waals surface area (Å²) in [5, 5.41) is 10.8. The number of hydrogen-bond donors (Lipinski definition) is 0. The van der Waals surface area contributed by atoms with Crippen molar-refractivity contribution in [2.45, 2.75) is 13.8 Å². The SMILES string of the molecule is CC(C)CN1C(=O)c2ccc(C(=O)c3ccc(C(=O)[O-])cc3)cc2C1=O. The van der Waals surface area contributed by atoms with E-state index >= 15 is 0 Å². The lowest BCUT2D eigenvalue weighted by Crippen LogP contribution is -2.33. The third-order valence-corrected chi connectivity index (χ3v) is 4.16. The molecule has 0 atom stereocenters. The molecule has 2 aromatic carbocycles. The number of benzene rings is 2. The van der Waals surface area contributed by atoms with E-state index in [-0.39, 0.29) is 39.9 Å². The third kappa shape index (κ3) is 3.01. The molecule has 1 aliphatic heterocycles. The number of hydrogen-bond acceptors (Lipinski definition) is 5. The molecule has 0 fully saturated rings. The smallest absolute Gasteiger partial charge is 0.261 e. The lowest BCUT2D eigenvalue weighted by Gasteiger charge is -2.15. The van der Waals surface area contributed by atoms with Crippen molar-refractivity contribution in [3.8, 4) is 0 Å². The first-order valence-electron chi connectivity index (χ1n) is 8.16. The molecule has 2 aromatic rings. The average molecular weight is 350 g/mol. The first kappa shape index (κ1) is 17.5. The molecule has 0 unspecified atom stereocenters. The highest BCUT2D eigenvalue weighted by Crippen LogP contribution is 2.26. The van der Waals surface area contributed by atoms with Crippen LogP contribution in [0.25, 0.3) is 0 Å². The van der Waals surface area contributed by atoms with Crippen molar-refractivity contribution in [1.29, 1.82) is 0 Å². The molecule has 0 aromatic heterocycles. The standard InChI is InChI=1S/C20H17NO5/c1-11(2)10-21-18(23)15-8-7-14(9-16(15)19(21)24)17(22)12-3-5-13(6-4-12)20(25)26/h3-9,11H,10H2,1-2H3,(H,25,26)/p-1. The molecule has 1 heterocycles. The van der Waals surface area contributed by atoms with Gasteiger partial charge in [-0.2, -0.15) is 0 Å². The average Bonchev–Trinajstić information content (AvgIpc) is 2.85. The molecule has 0 spiro atoms. The Hall–Kier alpha value is -3.28. The Balaban J connectivity index is 1.92. The molecule has 26 heavy (non-hydrogen) atoms. The zero-order valence-electron chi connectivity index (χ0n) is 14.3. The van der Waals surface area contributed by atoms with Crippen molar-refractivity contribution in [1.82, 2.24) is 4.90 Å². The highest BCUT2D eigenvalue weighted by atomic mass is 16.4. The summed E-state index contributed by atoms with van der Waals surface area (Å²) in [6, 6.07) is 9.75. The predicted molar refractivity (Wildman–Crippen MR) is 90.9 cm³/mol. The summed E-state index contributed by atoms with van der Waals surface area (Å²) in [6.07, 6.45) is 0. The van der Waals surface area contributed by atoms with Gasteiger partial charge in [-0.1, -0.05) is 44.2 Å². The zero-order chi connectivity index (χ0) is 19.0. The van der Waals surface area contributed by atoms with Gasteiger partial charge in [-0.25, -0.2) is 0 Å². The van der Waals surface area contributed by atoms with Crippen LogP contribution in [0, 0.1) is 5.92 Å². The minimum absolute atomic E-state index is 0.0272. The summed E-state index contributed by atoms with van der Waals surface area (Å²) in [5.41, 5.74) is 1.02. The van der Waals surface area contributed by atoms with Gasteiger partial charge in [0.15, 0.2) is 5.78 Å². The second kappa shape index (κ2) is 6.55. The summed E-state index contributed by atoms with van der Waals surface area (Å²) in [6.45, 7) is 4.14. The van der Waals surface area contributed by atoms with E-state index in [1.807, 2.05) is 13.8 Å². The van der Waals surface area contributed by atoms with E-state index in [2.05, 4.69) is 0 Å². The van der Waals surface area contributed by atoms with E-state index in [1.54, 1.807) is 0 Å². The van der Waals surface area contributed by atoms with E-state index in [0.717, 1.165) is 0 Å². The fraction of sp³-hybridized carbons (Fsp3) is 0.200. The molecule has 0 aliphatic carbocycles. The van der Waals surface area contributed by atoms with Gasteiger partial charge in [0, 0.05) is 17.7 Å². The van der Waals surface area contributed by atoms with Gasteiger partial charge in [-0.3, -0.25) is 19.3 Å². The molecule has 0 N–H and O–H groups in total. The van der Waals surface area contributed by atoms with Crippen molar-refractivity contribution >= 4 is 23.6 Å². The molecule has 0 radical (unpaired) electrons. The van der Waals surface area contributed by atoms with Crippen LogP contribution < -0.4 is 5.11 Å². The van der Waals surface area contributed by atoms with Gasteiger partial charge in [0.25, 0.3) is 11.8 Å². The second-order valence-corrected chi connectivity index (χ2v) is 6.57. The minimum Gasteiger partial charge on any atom is -0.545 e. The van der Waals surface area contributed by atoms with Crippen LogP contribution in [-0.2, 0) is 0 Å². The maximum atomic E-state index is 12.6. The molecule has 3 rings (SSSR count). The van der Waals surface area contributed by atoms with Gasteiger partial charge < -0.3 is 9.90 Å². The third-order valence-electron chi connectivity index (χ3n) is 4.16. The lowest BCUT2D eigenvalue weighted by atomic mass is 9.98. The molecule has 6 nitrogen and oxygen atoms in total. The molecule has 2 amide bonds. The largest absolute Gasteiger partial charge is 0.545 e. The highest BCUT2D eigenvalue weighted by molar-refractivity contribution is 6.22. The number of nitrogens with zero attached hydrogens (tertiary/aromatic N) is 1. The second-order valence-electron chi connectivity index (χ2n) is 6.57. The fourth-order valence-corrected chi connectivity index (χ4v) is 2.89. The summed E-state index contributed by atoms with van der Waals surface area (Å²) >= 11 is 0. The number of amides is 2. The van der Waals surface area contributed by atoms with Gasteiger partial charge in [0.05, 0.1) is 17.1 Å². The van der Waals surface area contributed by atoms with Crippen molar-refractivity contribution in [2.75, 3.05) is 6.54 Å². The minimum atomic E-state index is -1.32. The van der Waals surface area contributed by atoms with Crippen molar-refractivity contribution in [2.24, 2.45) is 5.92 Å². The summed E-state index contributed by atoms with van der Waals surface area (Å²) in [4.78, 5) is 49.4. The van der Waals surface area contributed by atoms with E-state index in [1.165, 1.54) is 47.4 Å². The maximum absolute atomic E-state index is 12.6. The molecular weight excluding hydrogens is 334 g/mol. The highest BCUT2D eigenvalue weighted by Gasteiger charge is 2.36.